The fourth-order valence-corrected chi connectivity index (χ4v) is 5.63. The maximum atomic E-state index is 14.0. The number of pyridine rings is 1. The maximum absolute atomic E-state index is 14.0. The number of hydrogen-bond acceptors (Lipinski definition) is 8. The Hall–Kier alpha value is -4.70. The van der Waals surface area contributed by atoms with Crippen molar-refractivity contribution in [3.63, 3.8) is 0 Å². The van der Waals surface area contributed by atoms with Crippen molar-refractivity contribution in [1.82, 2.24) is 34.7 Å². The zero-order valence-electron chi connectivity index (χ0n) is 25.0. The Balaban J connectivity index is 1.48. The van der Waals surface area contributed by atoms with Crippen LogP contribution in [0.5, 0.6) is 0 Å². The van der Waals surface area contributed by atoms with Crippen LogP contribution in [0.15, 0.2) is 55.4 Å². The molecule has 5 aromatic rings. The minimum Gasteiger partial charge on any atom is -0.383 e. The fourth-order valence-electron chi connectivity index (χ4n) is 5.36. The van der Waals surface area contributed by atoms with Crippen LogP contribution in [-0.4, -0.2) is 47.5 Å². The summed E-state index contributed by atoms with van der Waals surface area (Å²) in [6.45, 7) is 8.71. The molecule has 0 spiro atoms. The number of nitrogens with one attached hydrogen (secondary N) is 2. The summed E-state index contributed by atoms with van der Waals surface area (Å²) < 4.78 is 44.5. The summed E-state index contributed by atoms with van der Waals surface area (Å²) in [5, 5.41) is 30.1. The van der Waals surface area contributed by atoms with Crippen molar-refractivity contribution in [2.75, 3.05) is 17.2 Å². The van der Waals surface area contributed by atoms with Gasteiger partial charge in [0.25, 0.3) is 0 Å². The van der Waals surface area contributed by atoms with E-state index in [9.17, 15) is 18.4 Å². The lowest BCUT2D eigenvalue weighted by molar-refractivity contribution is -0.182. The Kier molecular flexibility index (Phi) is 7.43. The zero-order chi connectivity index (χ0) is 32.1. The molecule has 1 atom stereocenters. The van der Waals surface area contributed by atoms with Gasteiger partial charge in [-0.05, 0) is 54.5 Å². The van der Waals surface area contributed by atoms with Gasteiger partial charge in [-0.3, -0.25) is 4.98 Å². The van der Waals surface area contributed by atoms with Crippen molar-refractivity contribution < 1.29 is 13.2 Å². The van der Waals surface area contributed by atoms with Crippen molar-refractivity contribution >= 4 is 33.9 Å². The third-order valence-corrected chi connectivity index (χ3v) is 8.26. The van der Waals surface area contributed by atoms with Crippen LogP contribution >= 0.6 is 11.6 Å². The van der Waals surface area contributed by atoms with Crippen LogP contribution in [0.2, 0.25) is 5.02 Å². The third kappa shape index (κ3) is 5.66. The molecule has 232 valence electrons. The lowest BCUT2D eigenvalue weighted by Gasteiger charge is -2.24. The molecule has 0 aliphatic heterocycles. The number of nitriles is 1. The van der Waals surface area contributed by atoms with Gasteiger partial charge in [0.05, 0.1) is 39.7 Å². The van der Waals surface area contributed by atoms with Crippen LogP contribution in [-0.2, 0) is 5.54 Å². The highest BCUT2D eigenvalue weighted by atomic mass is 35.5. The first-order valence-corrected chi connectivity index (χ1v) is 14.7. The van der Waals surface area contributed by atoms with Gasteiger partial charge in [-0.15, -0.1) is 5.10 Å². The SMILES string of the molecule is Cc1c([C@H](Nc2cc(Cl)c3ncc(C#N)c(NCC(C)(C)C)c3c2)c2cn(C3(C(F)(F)F)CC3)nn2)cccc1-n1cncn1. The number of nitrogens with zero attached hydrogens (tertiary/aromatic N) is 8. The van der Waals surface area contributed by atoms with Crippen molar-refractivity contribution in [2.45, 2.75) is 58.3 Å². The summed E-state index contributed by atoms with van der Waals surface area (Å²) in [6.07, 6.45) is 1.26. The van der Waals surface area contributed by atoms with Gasteiger partial charge >= 0.3 is 6.18 Å². The predicted octanol–water partition coefficient (Wildman–Crippen LogP) is 6.95. The smallest absolute Gasteiger partial charge is 0.383 e. The van der Waals surface area contributed by atoms with Crippen LogP contribution in [0, 0.1) is 23.7 Å². The standard InChI is InChI=1S/C31H30ClF3N10/c1-18-21(6-5-7-25(18)44-17-37-16-40-44)28(24-14-45(43-42-24)30(8-9-30)31(33,34)35)41-20-10-22-26(39-15-29(2,3)4)19(12-36)13-38-27(22)23(32)11-20/h5-7,10-11,13-14,16-17,28,41H,8-9,15H2,1-4H3,(H,38,39)/t28-/m0/s1. The average Bonchev–Trinajstić information content (AvgIpc) is 3.38. The first kappa shape index (κ1) is 30.3. The van der Waals surface area contributed by atoms with E-state index in [1.807, 2.05) is 31.2 Å². The van der Waals surface area contributed by atoms with E-state index in [4.69, 9.17) is 11.6 Å². The van der Waals surface area contributed by atoms with Gasteiger partial charge in [-0.2, -0.15) is 23.5 Å². The molecule has 1 aliphatic rings. The second-order valence-electron chi connectivity index (χ2n) is 12.5. The summed E-state index contributed by atoms with van der Waals surface area (Å²) in [7, 11) is 0. The summed E-state index contributed by atoms with van der Waals surface area (Å²) in [5.74, 6) is 0. The second kappa shape index (κ2) is 11.0. The largest absolute Gasteiger partial charge is 0.413 e. The van der Waals surface area contributed by atoms with Crippen molar-refractivity contribution in [1.29, 1.82) is 5.26 Å². The molecule has 14 heteroatoms. The van der Waals surface area contributed by atoms with E-state index >= 15 is 0 Å². The molecule has 0 bridgehead atoms. The van der Waals surface area contributed by atoms with Crippen LogP contribution in [0.25, 0.3) is 16.6 Å². The van der Waals surface area contributed by atoms with E-state index in [1.54, 1.807) is 17.1 Å². The normalized spacial score (nSPS) is 15.1. The van der Waals surface area contributed by atoms with Crippen molar-refractivity contribution in [2.24, 2.45) is 5.41 Å². The van der Waals surface area contributed by atoms with Gasteiger partial charge in [0, 0.05) is 23.8 Å². The molecule has 10 nitrogen and oxygen atoms in total. The van der Waals surface area contributed by atoms with Crippen LogP contribution < -0.4 is 10.6 Å². The highest BCUT2D eigenvalue weighted by Crippen LogP contribution is 2.55. The first-order chi connectivity index (χ1) is 21.3. The van der Waals surface area contributed by atoms with Crippen LogP contribution in [0.1, 0.15) is 62.0 Å². The van der Waals surface area contributed by atoms with Gasteiger partial charge in [-0.25, -0.2) is 14.3 Å². The average molecular weight is 635 g/mol. The van der Waals surface area contributed by atoms with Gasteiger partial charge in [-0.1, -0.05) is 49.7 Å². The van der Waals surface area contributed by atoms with E-state index < -0.39 is 17.8 Å². The Morgan fingerprint density at radius 1 is 1.18 bits per heavy atom. The summed E-state index contributed by atoms with van der Waals surface area (Å²) in [5.41, 5.74) is 2.43. The molecule has 2 N–H and O–H groups in total. The summed E-state index contributed by atoms with van der Waals surface area (Å²) in [4.78, 5) is 8.48. The molecule has 0 saturated heterocycles. The van der Waals surface area contributed by atoms with Crippen molar-refractivity contribution in [3.05, 3.63) is 82.8 Å². The number of hydrogen-bond donors (Lipinski definition) is 2. The van der Waals surface area contributed by atoms with E-state index in [1.165, 1.54) is 18.7 Å². The van der Waals surface area contributed by atoms with E-state index in [0.717, 1.165) is 21.5 Å². The predicted molar refractivity (Wildman–Crippen MR) is 164 cm³/mol. The molecule has 1 saturated carbocycles. The Morgan fingerprint density at radius 3 is 2.60 bits per heavy atom. The monoisotopic (exact) mass is 634 g/mol. The van der Waals surface area contributed by atoms with Crippen LogP contribution in [0.4, 0.5) is 24.5 Å². The Labute approximate surface area is 262 Å². The van der Waals surface area contributed by atoms with Crippen LogP contribution in [0.3, 0.4) is 0 Å². The Bertz CT molecular complexity index is 1920. The first-order valence-electron chi connectivity index (χ1n) is 14.3. The van der Waals surface area contributed by atoms with Gasteiger partial charge in [0.2, 0.25) is 0 Å². The van der Waals surface area contributed by atoms with Gasteiger partial charge in [0.1, 0.15) is 24.4 Å². The van der Waals surface area contributed by atoms with Crippen molar-refractivity contribution in [3.8, 4) is 11.8 Å². The molecule has 1 aliphatic carbocycles. The molecule has 0 unspecified atom stereocenters. The Morgan fingerprint density at radius 2 is 1.96 bits per heavy atom. The molecule has 3 heterocycles. The lowest BCUT2D eigenvalue weighted by Crippen LogP contribution is -2.35. The third-order valence-electron chi connectivity index (χ3n) is 7.97. The number of aromatic nitrogens is 7. The highest BCUT2D eigenvalue weighted by molar-refractivity contribution is 6.35. The van der Waals surface area contributed by atoms with Gasteiger partial charge in [0.15, 0.2) is 5.54 Å². The molecule has 6 rings (SSSR count). The molecule has 0 amide bonds. The number of rotatable bonds is 8. The molecule has 2 aromatic carbocycles. The number of fused-ring (bicyclic) bond motifs is 1. The maximum Gasteiger partial charge on any atom is 0.413 e. The molecule has 1 fully saturated rings. The van der Waals surface area contributed by atoms with E-state index in [-0.39, 0.29) is 24.0 Å². The fraction of sp³-hybridized carbons (Fsp3) is 0.355. The zero-order valence-corrected chi connectivity index (χ0v) is 25.7. The second-order valence-corrected chi connectivity index (χ2v) is 12.9. The highest BCUT2D eigenvalue weighted by Gasteiger charge is 2.66. The lowest BCUT2D eigenvalue weighted by atomic mass is 9.96. The van der Waals surface area contributed by atoms with E-state index in [2.05, 4.69) is 62.9 Å². The molecular weight excluding hydrogens is 605 g/mol. The topological polar surface area (TPSA) is 122 Å². The molecule has 45 heavy (non-hydrogen) atoms. The summed E-state index contributed by atoms with van der Waals surface area (Å²) >= 11 is 6.75. The number of anilines is 2. The molecule has 0 radical (unpaired) electrons. The minimum atomic E-state index is -4.46. The van der Waals surface area contributed by atoms with Gasteiger partial charge < -0.3 is 10.6 Å². The molecule has 3 aromatic heterocycles. The molecular formula is C31H30ClF3N10. The summed E-state index contributed by atoms with van der Waals surface area (Å²) in [6, 6.07) is 10.6. The minimum absolute atomic E-state index is 0.0585. The van der Waals surface area contributed by atoms with E-state index in [0.29, 0.717) is 39.4 Å². The quantitative estimate of drug-likeness (QED) is 0.188. The number of benzene rings is 2. The number of alkyl halides is 3. The number of halogens is 4.